The highest BCUT2D eigenvalue weighted by atomic mass is 16.7. The van der Waals surface area contributed by atoms with Gasteiger partial charge in [-0.25, -0.2) is 0 Å². The number of carbonyl (C=O) groups is 3. The second-order valence-corrected chi connectivity index (χ2v) is 9.06. The lowest BCUT2D eigenvalue weighted by atomic mass is 9.92. The Kier molecular flexibility index (Phi) is 6.75. The van der Waals surface area contributed by atoms with Gasteiger partial charge >= 0.3 is 17.7 Å². The number of benzene rings is 1. The van der Waals surface area contributed by atoms with Gasteiger partial charge in [0.25, 0.3) is 0 Å². The molecule has 5 nitrogen and oxygen atoms in total. The number of hydrogen-bond donors (Lipinski definition) is 0. The average Bonchev–Trinajstić information content (AvgIpc) is 2.42. The Morgan fingerprint density at radius 2 is 1.12 bits per heavy atom. The molecule has 144 valence electrons. The number of rotatable bonds is 6. The molecule has 0 amide bonds. The topological polar surface area (TPSA) is 69.7 Å². The fourth-order valence-corrected chi connectivity index (χ4v) is 2.34. The summed E-state index contributed by atoms with van der Waals surface area (Å²) in [5, 5.41) is 0. The number of hydrogen-bond acceptors (Lipinski definition) is 5. The number of ether oxygens (including phenoxy) is 2. The molecule has 1 rings (SSSR count). The summed E-state index contributed by atoms with van der Waals surface area (Å²) in [5.41, 5.74) is -0.325. The molecule has 0 heterocycles. The minimum Gasteiger partial charge on any atom is -0.415 e. The Balaban J connectivity index is 3.09. The zero-order chi connectivity index (χ0) is 20.2. The van der Waals surface area contributed by atoms with E-state index in [1.165, 1.54) is 6.92 Å². The van der Waals surface area contributed by atoms with Crippen LogP contribution in [0.25, 0.3) is 0 Å². The molecule has 0 saturated carbocycles. The van der Waals surface area contributed by atoms with Gasteiger partial charge in [-0.3, -0.25) is 14.4 Å². The van der Waals surface area contributed by atoms with Crippen LogP contribution in [0.5, 0.6) is 0 Å². The van der Waals surface area contributed by atoms with Gasteiger partial charge in [-0.1, -0.05) is 71.9 Å². The molecular weight excluding hydrogens is 332 g/mol. The summed E-state index contributed by atoms with van der Waals surface area (Å²) in [6.45, 7) is 12.6. The Morgan fingerprint density at radius 1 is 0.731 bits per heavy atom. The second-order valence-electron chi connectivity index (χ2n) is 9.06. The van der Waals surface area contributed by atoms with Crippen LogP contribution in [-0.2, 0) is 19.1 Å². The highest BCUT2D eigenvalue weighted by Gasteiger charge is 2.43. The van der Waals surface area contributed by atoms with Crippen molar-refractivity contribution in [1.29, 1.82) is 0 Å². The minimum absolute atomic E-state index is 0.0987. The van der Waals surface area contributed by atoms with Crippen molar-refractivity contribution >= 4 is 17.7 Å². The van der Waals surface area contributed by atoms with E-state index in [-0.39, 0.29) is 23.7 Å². The fourth-order valence-electron chi connectivity index (χ4n) is 2.34. The zero-order valence-electron chi connectivity index (χ0n) is 16.8. The lowest BCUT2D eigenvalue weighted by Gasteiger charge is -2.30. The molecule has 26 heavy (non-hydrogen) atoms. The summed E-state index contributed by atoms with van der Waals surface area (Å²) in [4.78, 5) is 37.5. The smallest absolute Gasteiger partial charge is 0.318 e. The van der Waals surface area contributed by atoms with Crippen molar-refractivity contribution in [2.45, 2.75) is 67.1 Å². The van der Waals surface area contributed by atoms with Gasteiger partial charge in [0, 0.05) is 12.5 Å². The van der Waals surface area contributed by atoms with E-state index in [0.717, 1.165) is 0 Å². The number of esters is 2. The summed E-state index contributed by atoms with van der Waals surface area (Å²) < 4.78 is 10.8. The average molecular weight is 362 g/mol. The van der Waals surface area contributed by atoms with E-state index in [2.05, 4.69) is 0 Å². The van der Waals surface area contributed by atoms with E-state index < -0.39 is 23.5 Å². The highest BCUT2D eigenvalue weighted by molar-refractivity contribution is 6.03. The number of ketones is 1. The predicted molar refractivity (Wildman–Crippen MR) is 99.5 cm³/mol. The summed E-state index contributed by atoms with van der Waals surface area (Å²) in [5.74, 6) is -3.74. The van der Waals surface area contributed by atoms with Gasteiger partial charge < -0.3 is 9.47 Å². The summed E-state index contributed by atoms with van der Waals surface area (Å²) in [6, 6.07) is 8.35. The Morgan fingerprint density at radius 3 is 1.46 bits per heavy atom. The van der Waals surface area contributed by atoms with Crippen molar-refractivity contribution in [2.24, 2.45) is 10.8 Å². The molecule has 1 aromatic rings. The quantitative estimate of drug-likeness (QED) is 0.422. The molecule has 0 fully saturated rings. The van der Waals surface area contributed by atoms with Gasteiger partial charge in [-0.15, -0.1) is 0 Å². The zero-order valence-corrected chi connectivity index (χ0v) is 16.8. The largest absolute Gasteiger partial charge is 0.415 e. The SMILES string of the molecule is CC(C)(C)CC(=O)OC(C)(OC(=O)CC(C)(C)C)C(=O)c1ccccc1. The molecule has 0 N–H and O–H groups in total. The molecule has 5 heteroatoms. The van der Waals surface area contributed by atoms with Crippen LogP contribution in [0, 0.1) is 10.8 Å². The second kappa shape index (κ2) is 8.02. The first-order valence-corrected chi connectivity index (χ1v) is 8.75. The third-order valence-electron chi connectivity index (χ3n) is 3.41. The molecule has 0 saturated heterocycles. The Labute approximate surface area is 156 Å². The third kappa shape index (κ3) is 7.38. The van der Waals surface area contributed by atoms with Gasteiger partial charge in [0.2, 0.25) is 5.78 Å². The first kappa shape index (κ1) is 21.9. The Hall–Kier alpha value is -2.17. The Bertz CT molecular complexity index is 617. The summed E-state index contributed by atoms with van der Waals surface area (Å²) >= 11 is 0. The van der Waals surface area contributed by atoms with Crippen molar-refractivity contribution in [1.82, 2.24) is 0 Å². The van der Waals surface area contributed by atoms with Gasteiger partial charge in [-0.05, 0) is 10.8 Å². The van der Waals surface area contributed by atoms with Crippen molar-refractivity contribution in [2.75, 3.05) is 0 Å². The van der Waals surface area contributed by atoms with Gasteiger partial charge in [0.15, 0.2) is 0 Å². The molecule has 0 aliphatic heterocycles. The van der Waals surface area contributed by atoms with Gasteiger partial charge in [-0.2, -0.15) is 0 Å². The van der Waals surface area contributed by atoms with Crippen LogP contribution in [0.1, 0.15) is 71.7 Å². The third-order valence-corrected chi connectivity index (χ3v) is 3.41. The maximum Gasteiger partial charge on any atom is 0.318 e. The lowest BCUT2D eigenvalue weighted by Crippen LogP contribution is -2.45. The monoisotopic (exact) mass is 362 g/mol. The first-order chi connectivity index (χ1) is 11.7. The van der Waals surface area contributed by atoms with Crippen LogP contribution in [0.2, 0.25) is 0 Å². The number of Topliss-reactive ketones (excluding diaryl/α,β-unsaturated/α-hetero) is 1. The van der Waals surface area contributed by atoms with Crippen LogP contribution < -0.4 is 0 Å². The first-order valence-electron chi connectivity index (χ1n) is 8.75. The van der Waals surface area contributed by atoms with Crippen molar-refractivity contribution < 1.29 is 23.9 Å². The molecule has 0 atom stereocenters. The van der Waals surface area contributed by atoms with Crippen molar-refractivity contribution in [3.05, 3.63) is 35.9 Å². The molecule has 0 spiro atoms. The van der Waals surface area contributed by atoms with Crippen LogP contribution in [0.3, 0.4) is 0 Å². The summed E-state index contributed by atoms with van der Waals surface area (Å²) in [6.07, 6.45) is 0.197. The normalized spacial score (nSPS) is 12.4. The van der Waals surface area contributed by atoms with Gasteiger partial charge in [0.05, 0.1) is 12.8 Å². The summed E-state index contributed by atoms with van der Waals surface area (Å²) in [7, 11) is 0. The lowest BCUT2D eigenvalue weighted by molar-refractivity contribution is -0.207. The van der Waals surface area contributed by atoms with Crippen LogP contribution in [0.4, 0.5) is 0 Å². The molecular formula is C21H30O5. The molecule has 0 aliphatic carbocycles. The van der Waals surface area contributed by atoms with E-state index >= 15 is 0 Å². The minimum atomic E-state index is -1.99. The predicted octanol–water partition coefficient (Wildman–Crippen LogP) is 4.54. The molecule has 0 aliphatic rings. The fraction of sp³-hybridized carbons (Fsp3) is 0.571. The number of carbonyl (C=O) groups excluding carboxylic acids is 3. The molecule has 0 radical (unpaired) electrons. The van der Waals surface area contributed by atoms with E-state index in [1.54, 1.807) is 30.3 Å². The van der Waals surface area contributed by atoms with E-state index in [0.29, 0.717) is 5.56 Å². The highest BCUT2D eigenvalue weighted by Crippen LogP contribution is 2.27. The van der Waals surface area contributed by atoms with E-state index in [1.807, 2.05) is 41.5 Å². The molecule has 0 unspecified atom stereocenters. The van der Waals surface area contributed by atoms with E-state index in [9.17, 15) is 14.4 Å². The molecule has 0 aromatic heterocycles. The standard InChI is InChI=1S/C21H30O5/c1-19(2,3)13-16(22)25-21(7,26-17(23)14-20(4,5)6)18(24)15-11-9-8-10-12-15/h8-12H,13-14H2,1-7H3. The molecule has 0 bridgehead atoms. The maximum absolute atomic E-state index is 12.9. The molecule has 1 aromatic carbocycles. The maximum atomic E-state index is 12.9. The van der Waals surface area contributed by atoms with Crippen molar-refractivity contribution in [3.8, 4) is 0 Å². The van der Waals surface area contributed by atoms with E-state index in [4.69, 9.17) is 9.47 Å². The van der Waals surface area contributed by atoms with Crippen LogP contribution in [0.15, 0.2) is 30.3 Å². The van der Waals surface area contributed by atoms with Crippen molar-refractivity contribution in [3.63, 3.8) is 0 Å². The van der Waals surface area contributed by atoms with Gasteiger partial charge in [0.1, 0.15) is 0 Å². The van der Waals surface area contributed by atoms with Crippen LogP contribution >= 0.6 is 0 Å². The van der Waals surface area contributed by atoms with Crippen LogP contribution in [-0.4, -0.2) is 23.5 Å².